The fraction of sp³-hybridized carbons (Fsp3) is 0.619. The van der Waals surface area contributed by atoms with Crippen LogP contribution >= 0.6 is 24.0 Å². The van der Waals surface area contributed by atoms with Crippen LogP contribution in [0.5, 0.6) is 0 Å². The van der Waals surface area contributed by atoms with Gasteiger partial charge in [0.2, 0.25) is 5.91 Å². The van der Waals surface area contributed by atoms with Crippen LogP contribution in [0.25, 0.3) is 0 Å². The number of hydrogen-bond acceptors (Lipinski definition) is 3. The summed E-state index contributed by atoms with van der Waals surface area (Å²) >= 11 is 0. The van der Waals surface area contributed by atoms with E-state index in [4.69, 9.17) is 4.99 Å². The first-order valence-corrected chi connectivity index (χ1v) is 9.88. The number of amides is 1. The van der Waals surface area contributed by atoms with Crippen LogP contribution < -0.4 is 15.5 Å². The van der Waals surface area contributed by atoms with Crippen molar-refractivity contribution in [1.82, 2.24) is 15.5 Å². The summed E-state index contributed by atoms with van der Waals surface area (Å²) in [6, 6.07) is 8.43. The lowest BCUT2D eigenvalue weighted by Crippen LogP contribution is -2.49. The van der Waals surface area contributed by atoms with Crippen molar-refractivity contribution in [3.8, 4) is 0 Å². The molecule has 0 aliphatic heterocycles. The third-order valence-corrected chi connectivity index (χ3v) is 5.23. The van der Waals surface area contributed by atoms with Gasteiger partial charge in [0.05, 0.1) is 12.0 Å². The summed E-state index contributed by atoms with van der Waals surface area (Å²) in [4.78, 5) is 21.2. The Morgan fingerprint density at radius 2 is 1.68 bits per heavy atom. The first-order chi connectivity index (χ1) is 12.9. The molecule has 1 aliphatic carbocycles. The predicted octanol–water partition coefficient (Wildman–Crippen LogP) is 3.07. The van der Waals surface area contributed by atoms with Gasteiger partial charge < -0.3 is 20.4 Å². The SMILES string of the molecule is CCNC(=NCc1ccc(N(C)C)cc1)NCC1(C(=O)N(C)C)CCCC1.I. The molecule has 0 aromatic heterocycles. The van der Waals surface area contributed by atoms with Crippen molar-refractivity contribution >= 4 is 41.5 Å². The number of guanidine groups is 1. The lowest BCUT2D eigenvalue weighted by atomic mass is 9.84. The van der Waals surface area contributed by atoms with Gasteiger partial charge in [0, 0.05) is 47.0 Å². The Labute approximate surface area is 187 Å². The molecule has 0 heterocycles. The number of hydrogen-bond donors (Lipinski definition) is 2. The van der Waals surface area contributed by atoms with E-state index >= 15 is 0 Å². The Balaban J connectivity index is 0.00000392. The molecule has 1 fully saturated rings. The number of benzene rings is 1. The molecule has 0 radical (unpaired) electrons. The highest BCUT2D eigenvalue weighted by molar-refractivity contribution is 14.0. The molecule has 7 heteroatoms. The lowest BCUT2D eigenvalue weighted by molar-refractivity contribution is -0.138. The first kappa shape index (κ1) is 24.5. The van der Waals surface area contributed by atoms with E-state index in [1.807, 2.05) is 28.2 Å². The summed E-state index contributed by atoms with van der Waals surface area (Å²) in [5.74, 6) is 0.995. The molecule has 6 nitrogen and oxygen atoms in total. The smallest absolute Gasteiger partial charge is 0.230 e. The van der Waals surface area contributed by atoms with Crippen molar-refractivity contribution in [3.05, 3.63) is 29.8 Å². The maximum Gasteiger partial charge on any atom is 0.230 e. The molecule has 0 bridgehead atoms. The monoisotopic (exact) mass is 501 g/mol. The second-order valence-electron chi connectivity index (χ2n) is 7.80. The zero-order valence-electron chi connectivity index (χ0n) is 17.9. The molecule has 2 rings (SSSR count). The van der Waals surface area contributed by atoms with Crippen molar-refractivity contribution < 1.29 is 4.79 Å². The normalized spacial score (nSPS) is 15.5. The standard InChI is InChI=1S/C21H35N5O.HI/c1-6-22-20(23-15-17-9-11-18(12-10-17)25(2)3)24-16-21(13-7-8-14-21)19(27)26(4)5;/h9-12H,6-8,13-16H2,1-5H3,(H2,22,23,24);1H. The van der Waals surface area contributed by atoms with Crippen LogP contribution in [0.1, 0.15) is 38.2 Å². The van der Waals surface area contributed by atoms with E-state index in [1.165, 1.54) is 5.69 Å². The van der Waals surface area contributed by atoms with Gasteiger partial charge in [-0.15, -0.1) is 24.0 Å². The van der Waals surface area contributed by atoms with E-state index in [0.29, 0.717) is 13.1 Å². The molecule has 1 aromatic carbocycles. The van der Waals surface area contributed by atoms with Crippen molar-refractivity contribution in [3.63, 3.8) is 0 Å². The number of carbonyl (C=O) groups is 1. The Morgan fingerprint density at radius 3 is 2.18 bits per heavy atom. The Kier molecular flexibility index (Phi) is 10.1. The van der Waals surface area contributed by atoms with Crippen LogP contribution in [0.15, 0.2) is 29.3 Å². The van der Waals surface area contributed by atoms with Crippen molar-refractivity contribution in [2.24, 2.45) is 10.4 Å². The molecule has 0 saturated heterocycles. The third kappa shape index (κ3) is 6.53. The zero-order valence-corrected chi connectivity index (χ0v) is 20.2. The molecule has 2 N–H and O–H groups in total. The van der Waals surface area contributed by atoms with Crippen molar-refractivity contribution in [2.45, 2.75) is 39.2 Å². The summed E-state index contributed by atoms with van der Waals surface area (Å²) in [5, 5.41) is 6.72. The van der Waals surface area contributed by atoms with E-state index in [2.05, 4.69) is 46.7 Å². The summed E-state index contributed by atoms with van der Waals surface area (Å²) in [5.41, 5.74) is 2.04. The average molecular weight is 501 g/mol. The quantitative estimate of drug-likeness (QED) is 0.343. The summed E-state index contributed by atoms with van der Waals surface area (Å²) in [6.07, 6.45) is 4.13. The van der Waals surface area contributed by atoms with Crippen LogP contribution in [-0.4, -0.2) is 58.0 Å². The van der Waals surface area contributed by atoms with Crippen molar-refractivity contribution in [2.75, 3.05) is 46.2 Å². The number of rotatable bonds is 7. The van der Waals surface area contributed by atoms with E-state index in [9.17, 15) is 4.79 Å². The van der Waals surface area contributed by atoms with Gasteiger partial charge in [-0.2, -0.15) is 0 Å². The molecule has 0 atom stereocenters. The topological polar surface area (TPSA) is 60.0 Å². The molecule has 1 amide bonds. The fourth-order valence-corrected chi connectivity index (χ4v) is 3.66. The number of nitrogens with zero attached hydrogens (tertiary/aromatic N) is 3. The minimum atomic E-state index is -0.299. The molecule has 1 aromatic rings. The van der Waals surface area contributed by atoms with Gasteiger partial charge in [-0.1, -0.05) is 25.0 Å². The minimum Gasteiger partial charge on any atom is -0.378 e. The molecule has 1 aliphatic rings. The number of anilines is 1. The zero-order chi connectivity index (χ0) is 19.9. The van der Waals surface area contributed by atoms with E-state index in [1.54, 1.807) is 4.90 Å². The molecule has 0 unspecified atom stereocenters. The summed E-state index contributed by atoms with van der Waals surface area (Å²) in [6.45, 7) is 4.09. The molecule has 158 valence electrons. The molecule has 28 heavy (non-hydrogen) atoms. The maximum absolute atomic E-state index is 12.7. The largest absolute Gasteiger partial charge is 0.378 e. The van der Waals surface area contributed by atoms with E-state index < -0.39 is 0 Å². The van der Waals surface area contributed by atoms with E-state index in [-0.39, 0.29) is 35.3 Å². The highest BCUT2D eigenvalue weighted by Gasteiger charge is 2.42. The number of halogens is 1. The Morgan fingerprint density at radius 1 is 1.07 bits per heavy atom. The average Bonchev–Trinajstić information content (AvgIpc) is 3.13. The molecular formula is C21H36IN5O. The van der Waals surface area contributed by atoms with E-state index in [0.717, 1.165) is 43.8 Å². The van der Waals surface area contributed by atoms with Crippen LogP contribution in [0.2, 0.25) is 0 Å². The second-order valence-corrected chi connectivity index (χ2v) is 7.80. The van der Waals surface area contributed by atoms with Crippen LogP contribution in [-0.2, 0) is 11.3 Å². The van der Waals surface area contributed by atoms with Gasteiger partial charge in [0.15, 0.2) is 5.96 Å². The van der Waals surface area contributed by atoms with Crippen LogP contribution in [0.4, 0.5) is 5.69 Å². The summed E-state index contributed by atoms with van der Waals surface area (Å²) in [7, 11) is 7.76. The first-order valence-electron chi connectivity index (χ1n) is 9.88. The Bertz CT molecular complexity index is 637. The van der Waals surface area contributed by atoms with Gasteiger partial charge in [-0.05, 0) is 37.5 Å². The van der Waals surface area contributed by atoms with Gasteiger partial charge in [-0.25, -0.2) is 4.99 Å². The lowest BCUT2D eigenvalue weighted by Gasteiger charge is -2.31. The van der Waals surface area contributed by atoms with Crippen LogP contribution in [0, 0.1) is 5.41 Å². The second kappa shape index (κ2) is 11.5. The predicted molar refractivity (Wildman–Crippen MR) is 129 cm³/mol. The number of carbonyl (C=O) groups excluding carboxylic acids is 1. The minimum absolute atomic E-state index is 0. The molecule has 1 saturated carbocycles. The third-order valence-electron chi connectivity index (χ3n) is 5.23. The maximum atomic E-state index is 12.7. The van der Waals surface area contributed by atoms with Gasteiger partial charge in [-0.3, -0.25) is 4.79 Å². The van der Waals surface area contributed by atoms with Crippen LogP contribution in [0.3, 0.4) is 0 Å². The number of aliphatic imine (C=N–C) groups is 1. The molecular weight excluding hydrogens is 465 g/mol. The summed E-state index contributed by atoms with van der Waals surface area (Å²) < 4.78 is 0. The fourth-order valence-electron chi connectivity index (χ4n) is 3.66. The Hall–Kier alpha value is -1.51. The number of nitrogens with one attached hydrogen (secondary N) is 2. The van der Waals surface area contributed by atoms with Crippen molar-refractivity contribution in [1.29, 1.82) is 0 Å². The highest BCUT2D eigenvalue weighted by atomic mass is 127. The molecule has 0 spiro atoms. The highest BCUT2D eigenvalue weighted by Crippen LogP contribution is 2.38. The van der Waals surface area contributed by atoms with Gasteiger partial charge in [0.1, 0.15) is 0 Å². The van der Waals surface area contributed by atoms with Gasteiger partial charge >= 0.3 is 0 Å². The van der Waals surface area contributed by atoms with Gasteiger partial charge in [0.25, 0.3) is 0 Å².